The summed E-state index contributed by atoms with van der Waals surface area (Å²) in [6.07, 6.45) is 0. The third kappa shape index (κ3) is 6.13. The highest BCUT2D eigenvalue weighted by molar-refractivity contribution is 8.01. The Kier molecular flexibility index (Phi) is 7.63. The third-order valence-electron chi connectivity index (χ3n) is 5.82. The Balaban J connectivity index is 1.04. The summed E-state index contributed by atoms with van der Waals surface area (Å²) in [5.74, 6) is 0.680. The van der Waals surface area contributed by atoms with Crippen molar-refractivity contribution in [2.45, 2.75) is 4.34 Å². The molecule has 0 spiro atoms. The molecule has 2 amide bonds. The Morgan fingerprint density at radius 2 is 1.67 bits per heavy atom. The van der Waals surface area contributed by atoms with E-state index in [0.29, 0.717) is 34.1 Å². The first-order valence-electron chi connectivity index (χ1n) is 11.6. The minimum absolute atomic E-state index is 0.0808. The van der Waals surface area contributed by atoms with Crippen LogP contribution < -0.4 is 15.0 Å². The van der Waals surface area contributed by atoms with E-state index in [1.165, 1.54) is 28.8 Å². The molecule has 0 radical (unpaired) electrons. The van der Waals surface area contributed by atoms with E-state index in [4.69, 9.17) is 4.74 Å². The monoisotopic (exact) mass is 519 g/mol. The van der Waals surface area contributed by atoms with Crippen molar-refractivity contribution in [2.75, 3.05) is 48.8 Å². The molecule has 1 aliphatic heterocycles. The number of thioether (sulfide) groups is 1. The summed E-state index contributed by atoms with van der Waals surface area (Å²) >= 11 is 2.58. The summed E-state index contributed by atoms with van der Waals surface area (Å²) in [4.78, 5) is 29.1. The normalized spacial score (nSPS) is 13.6. The average molecular weight is 520 g/mol. The number of para-hydroxylation sites is 1. The van der Waals surface area contributed by atoms with Crippen LogP contribution in [0.15, 0.2) is 77.1 Å². The highest BCUT2D eigenvalue weighted by Gasteiger charge is 2.22. The lowest BCUT2D eigenvalue weighted by atomic mass is 10.1. The van der Waals surface area contributed by atoms with Crippen LogP contribution in [0.3, 0.4) is 0 Å². The molecule has 1 aromatic heterocycles. The van der Waals surface area contributed by atoms with Crippen LogP contribution in [0.25, 0.3) is 10.8 Å². The zero-order valence-corrected chi connectivity index (χ0v) is 21.1. The fourth-order valence-corrected chi connectivity index (χ4v) is 5.62. The van der Waals surface area contributed by atoms with Gasteiger partial charge in [0.15, 0.2) is 10.9 Å². The van der Waals surface area contributed by atoms with Gasteiger partial charge in [0.2, 0.25) is 11.0 Å². The minimum Gasteiger partial charge on any atom is -0.484 e. The quantitative estimate of drug-likeness (QED) is 0.276. The molecule has 0 unspecified atom stereocenters. The zero-order valence-electron chi connectivity index (χ0n) is 19.5. The van der Waals surface area contributed by atoms with Crippen molar-refractivity contribution in [3.63, 3.8) is 0 Å². The first kappa shape index (κ1) is 24.1. The second-order valence-electron chi connectivity index (χ2n) is 8.21. The lowest BCUT2D eigenvalue weighted by molar-refractivity contribution is -0.128. The minimum atomic E-state index is -0.316. The molecule has 10 heteroatoms. The largest absolute Gasteiger partial charge is 0.484 e. The number of amides is 2. The summed E-state index contributed by atoms with van der Waals surface area (Å²) in [7, 11) is 0. The molecule has 184 valence electrons. The Bertz CT molecular complexity index is 1340. The van der Waals surface area contributed by atoms with Gasteiger partial charge in [-0.1, -0.05) is 71.6 Å². The molecule has 1 fully saturated rings. The van der Waals surface area contributed by atoms with Gasteiger partial charge in [0.05, 0.1) is 5.75 Å². The van der Waals surface area contributed by atoms with Crippen LogP contribution >= 0.6 is 23.1 Å². The SMILES string of the molecule is O=C(COc1ccc2ccccc2c1)Nc1nnc(SCC(=O)N2CCN(c3ccccc3)CC2)s1. The molecular formula is C26H25N5O3S2. The lowest BCUT2D eigenvalue weighted by Gasteiger charge is -2.36. The molecule has 1 N–H and O–H groups in total. The zero-order chi connectivity index (χ0) is 24.7. The number of nitrogens with zero attached hydrogens (tertiary/aromatic N) is 4. The number of carbonyl (C=O) groups excluding carboxylic acids is 2. The molecule has 0 aliphatic carbocycles. The Labute approximate surface area is 217 Å². The van der Waals surface area contributed by atoms with Crippen molar-refractivity contribution in [3.8, 4) is 5.75 Å². The molecule has 2 heterocycles. The predicted octanol–water partition coefficient (Wildman–Crippen LogP) is 4.15. The van der Waals surface area contributed by atoms with E-state index in [2.05, 4.69) is 32.5 Å². The standard InChI is InChI=1S/C26H25N5O3S2/c32-23(17-34-22-11-10-19-6-4-5-7-20(19)16-22)27-25-28-29-26(36-25)35-18-24(33)31-14-12-30(13-15-31)21-8-2-1-3-9-21/h1-11,16H,12-15,17-18H2,(H,27,28,32). The Morgan fingerprint density at radius 3 is 2.47 bits per heavy atom. The van der Waals surface area contributed by atoms with Crippen LogP contribution in [0.5, 0.6) is 5.75 Å². The van der Waals surface area contributed by atoms with Gasteiger partial charge in [-0.2, -0.15) is 0 Å². The van der Waals surface area contributed by atoms with Gasteiger partial charge in [-0.25, -0.2) is 0 Å². The highest BCUT2D eigenvalue weighted by atomic mass is 32.2. The molecular weight excluding hydrogens is 494 g/mol. The van der Waals surface area contributed by atoms with Gasteiger partial charge in [-0.3, -0.25) is 14.9 Å². The molecule has 3 aromatic carbocycles. The predicted molar refractivity (Wildman–Crippen MR) is 144 cm³/mol. The van der Waals surface area contributed by atoms with Gasteiger partial charge in [0.25, 0.3) is 5.91 Å². The number of hydrogen-bond acceptors (Lipinski definition) is 8. The maximum atomic E-state index is 12.7. The van der Waals surface area contributed by atoms with Crippen LogP contribution in [0.1, 0.15) is 0 Å². The number of aromatic nitrogens is 2. The van der Waals surface area contributed by atoms with Crippen molar-refractivity contribution < 1.29 is 14.3 Å². The molecule has 4 aromatic rings. The summed E-state index contributed by atoms with van der Waals surface area (Å²) in [5, 5.41) is 13.4. The van der Waals surface area contributed by atoms with Gasteiger partial charge >= 0.3 is 0 Å². The number of rotatable bonds is 8. The fourth-order valence-electron chi connectivity index (χ4n) is 3.95. The van der Waals surface area contributed by atoms with E-state index in [9.17, 15) is 9.59 Å². The number of anilines is 2. The summed E-state index contributed by atoms with van der Waals surface area (Å²) in [5.41, 5.74) is 1.19. The fraction of sp³-hybridized carbons (Fsp3) is 0.231. The topological polar surface area (TPSA) is 87.7 Å². The van der Waals surface area contributed by atoms with Crippen LogP contribution in [-0.4, -0.2) is 65.5 Å². The van der Waals surface area contributed by atoms with Crippen molar-refractivity contribution in [3.05, 3.63) is 72.8 Å². The number of carbonyl (C=O) groups is 2. The number of ether oxygens (including phenoxy) is 1. The third-order valence-corrected chi connectivity index (χ3v) is 7.77. The molecule has 0 atom stereocenters. The van der Waals surface area contributed by atoms with Gasteiger partial charge in [-0.15, -0.1) is 10.2 Å². The summed E-state index contributed by atoms with van der Waals surface area (Å²) in [6, 6.07) is 23.9. The average Bonchev–Trinajstić information content (AvgIpc) is 3.38. The molecule has 0 saturated carbocycles. The number of fused-ring (bicyclic) bond motifs is 1. The molecule has 5 rings (SSSR count). The number of benzene rings is 3. The second kappa shape index (κ2) is 11.4. The first-order valence-corrected chi connectivity index (χ1v) is 13.4. The summed E-state index contributed by atoms with van der Waals surface area (Å²) in [6.45, 7) is 2.90. The molecule has 0 bridgehead atoms. The van der Waals surface area contributed by atoms with E-state index in [-0.39, 0.29) is 18.4 Å². The van der Waals surface area contributed by atoms with E-state index in [0.717, 1.165) is 23.9 Å². The van der Waals surface area contributed by atoms with Gasteiger partial charge in [0, 0.05) is 31.9 Å². The van der Waals surface area contributed by atoms with Crippen LogP contribution in [0, 0.1) is 0 Å². The first-order chi connectivity index (χ1) is 17.6. The Morgan fingerprint density at radius 1 is 0.917 bits per heavy atom. The maximum absolute atomic E-state index is 12.7. The molecule has 1 saturated heterocycles. The maximum Gasteiger partial charge on any atom is 0.264 e. The summed E-state index contributed by atoms with van der Waals surface area (Å²) < 4.78 is 6.26. The van der Waals surface area contributed by atoms with Crippen molar-refractivity contribution in [1.29, 1.82) is 0 Å². The van der Waals surface area contributed by atoms with Crippen molar-refractivity contribution in [1.82, 2.24) is 15.1 Å². The smallest absolute Gasteiger partial charge is 0.264 e. The van der Waals surface area contributed by atoms with Gasteiger partial charge < -0.3 is 14.5 Å². The van der Waals surface area contributed by atoms with Crippen LogP contribution in [-0.2, 0) is 9.59 Å². The number of piperazine rings is 1. The highest BCUT2D eigenvalue weighted by Crippen LogP contribution is 2.26. The van der Waals surface area contributed by atoms with E-state index >= 15 is 0 Å². The van der Waals surface area contributed by atoms with Gasteiger partial charge in [-0.05, 0) is 35.0 Å². The number of hydrogen-bond donors (Lipinski definition) is 1. The second-order valence-corrected chi connectivity index (χ2v) is 10.4. The van der Waals surface area contributed by atoms with E-state index in [1.807, 2.05) is 65.6 Å². The Hall–Kier alpha value is -3.63. The van der Waals surface area contributed by atoms with Crippen LogP contribution in [0.2, 0.25) is 0 Å². The lowest BCUT2D eigenvalue weighted by Crippen LogP contribution is -2.49. The van der Waals surface area contributed by atoms with E-state index < -0.39 is 0 Å². The van der Waals surface area contributed by atoms with E-state index in [1.54, 1.807) is 0 Å². The molecule has 1 aliphatic rings. The van der Waals surface area contributed by atoms with Crippen molar-refractivity contribution in [2.24, 2.45) is 0 Å². The molecule has 8 nitrogen and oxygen atoms in total. The number of nitrogens with one attached hydrogen (secondary N) is 1. The van der Waals surface area contributed by atoms with Crippen LogP contribution in [0.4, 0.5) is 10.8 Å². The van der Waals surface area contributed by atoms with Crippen molar-refractivity contribution >= 4 is 56.5 Å². The van der Waals surface area contributed by atoms with Gasteiger partial charge in [0.1, 0.15) is 5.75 Å². The molecule has 36 heavy (non-hydrogen) atoms.